The van der Waals surface area contributed by atoms with Gasteiger partial charge in [-0.25, -0.2) is 4.98 Å². The first-order valence-electron chi connectivity index (χ1n) is 10.1. The highest BCUT2D eigenvalue weighted by Gasteiger charge is 2.14. The number of hydrogen-bond donors (Lipinski definition) is 0. The Hall–Kier alpha value is -2.92. The molecule has 0 fully saturated rings. The van der Waals surface area contributed by atoms with Crippen LogP contribution in [0.1, 0.15) is 32.2 Å². The second kappa shape index (κ2) is 8.07. The molecular weight excluding hydrogens is 392 g/mol. The van der Waals surface area contributed by atoms with Crippen molar-refractivity contribution >= 4 is 21.6 Å². The van der Waals surface area contributed by atoms with E-state index in [4.69, 9.17) is 4.74 Å². The first-order chi connectivity index (χ1) is 14.3. The molecular formula is C25H26N2O2S. The van der Waals surface area contributed by atoms with Crippen LogP contribution in [0, 0.1) is 6.92 Å². The minimum Gasteiger partial charge on any atom is -0.492 e. The summed E-state index contributed by atoms with van der Waals surface area (Å²) in [5.74, 6) is 1.52. The van der Waals surface area contributed by atoms with Crippen molar-refractivity contribution in [2.75, 3.05) is 6.61 Å². The van der Waals surface area contributed by atoms with E-state index >= 15 is 0 Å². The van der Waals surface area contributed by atoms with Gasteiger partial charge in [-0.15, -0.1) is 11.3 Å². The summed E-state index contributed by atoms with van der Waals surface area (Å²) in [5, 5.41) is 0.666. The van der Waals surface area contributed by atoms with Gasteiger partial charge in [-0.2, -0.15) is 0 Å². The first-order valence-corrected chi connectivity index (χ1v) is 10.9. The fraction of sp³-hybridized carbons (Fsp3) is 0.280. The van der Waals surface area contributed by atoms with Crippen LogP contribution in [-0.4, -0.2) is 16.2 Å². The lowest BCUT2D eigenvalue weighted by Crippen LogP contribution is -2.26. The molecule has 0 saturated heterocycles. The van der Waals surface area contributed by atoms with Gasteiger partial charge < -0.3 is 4.74 Å². The van der Waals surface area contributed by atoms with Crippen LogP contribution in [0.15, 0.2) is 65.5 Å². The number of aryl methyl sites for hydroxylation is 1. The number of nitrogens with zero attached hydrogens (tertiary/aromatic N) is 2. The largest absolute Gasteiger partial charge is 0.492 e. The molecule has 4 rings (SSSR count). The molecule has 2 heterocycles. The van der Waals surface area contributed by atoms with Crippen molar-refractivity contribution in [1.29, 1.82) is 0 Å². The van der Waals surface area contributed by atoms with Crippen molar-refractivity contribution in [3.8, 4) is 16.2 Å². The van der Waals surface area contributed by atoms with Gasteiger partial charge in [-0.05, 0) is 41.7 Å². The second-order valence-corrected chi connectivity index (χ2v) is 9.46. The predicted octanol–water partition coefficient (Wildman–Crippen LogP) is 5.81. The van der Waals surface area contributed by atoms with Crippen LogP contribution in [0.5, 0.6) is 5.75 Å². The Morgan fingerprint density at radius 2 is 1.73 bits per heavy atom. The highest BCUT2D eigenvalue weighted by atomic mass is 32.1. The third-order valence-electron chi connectivity index (χ3n) is 5.20. The minimum atomic E-state index is -0.0115. The van der Waals surface area contributed by atoms with E-state index in [-0.39, 0.29) is 11.0 Å². The van der Waals surface area contributed by atoms with Gasteiger partial charge in [0.25, 0.3) is 5.56 Å². The minimum absolute atomic E-state index is 0.0115. The Kier molecular flexibility index (Phi) is 5.48. The average molecular weight is 419 g/mol. The molecule has 0 saturated carbocycles. The molecule has 0 aliphatic rings. The summed E-state index contributed by atoms with van der Waals surface area (Å²) < 4.78 is 7.59. The van der Waals surface area contributed by atoms with Gasteiger partial charge in [0.15, 0.2) is 0 Å². The van der Waals surface area contributed by atoms with Gasteiger partial charge in [0.2, 0.25) is 0 Å². The van der Waals surface area contributed by atoms with E-state index in [0.29, 0.717) is 24.4 Å². The fourth-order valence-electron chi connectivity index (χ4n) is 3.43. The maximum Gasteiger partial charge on any atom is 0.262 e. The van der Waals surface area contributed by atoms with Crippen LogP contribution in [0.2, 0.25) is 0 Å². The summed E-state index contributed by atoms with van der Waals surface area (Å²) in [7, 11) is 0. The number of aromatic nitrogens is 2. The SMILES string of the molecule is Cc1nc2sc(-c3ccccc3)cc2c(=O)n1CCOc1ccc(C(C)(C)C)cc1. The van der Waals surface area contributed by atoms with Crippen molar-refractivity contribution in [3.63, 3.8) is 0 Å². The quantitative estimate of drug-likeness (QED) is 0.411. The molecule has 4 aromatic rings. The lowest BCUT2D eigenvalue weighted by Gasteiger charge is -2.19. The van der Waals surface area contributed by atoms with Crippen molar-refractivity contribution in [2.24, 2.45) is 0 Å². The van der Waals surface area contributed by atoms with Gasteiger partial charge in [0.05, 0.1) is 11.9 Å². The van der Waals surface area contributed by atoms with Gasteiger partial charge in [0.1, 0.15) is 23.0 Å². The second-order valence-electron chi connectivity index (χ2n) is 8.43. The van der Waals surface area contributed by atoms with Crippen LogP contribution in [0.25, 0.3) is 20.7 Å². The molecule has 2 aromatic carbocycles. The van der Waals surface area contributed by atoms with Crippen LogP contribution < -0.4 is 10.3 Å². The average Bonchev–Trinajstić information content (AvgIpc) is 3.15. The number of ether oxygens (including phenoxy) is 1. The van der Waals surface area contributed by atoms with Gasteiger partial charge in [0, 0.05) is 4.88 Å². The summed E-state index contributed by atoms with van der Waals surface area (Å²) in [4.78, 5) is 19.6. The normalized spacial score (nSPS) is 11.7. The van der Waals surface area contributed by atoms with Crippen LogP contribution >= 0.6 is 11.3 Å². The number of hydrogen-bond acceptors (Lipinski definition) is 4. The monoisotopic (exact) mass is 418 g/mol. The van der Waals surface area contributed by atoms with Crippen molar-refractivity contribution < 1.29 is 4.74 Å². The third-order valence-corrected chi connectivity index (χ3v) is 6.28. The lowest BCUT2D eigenvalue weighted by atomic mass is 9.87. The number of fused-ring (bicyclic) bond motifs is 1. The summed E-state index contributed by atoms with van der Waals surface area (Å²) in [6.07, 6.45) is 0. The van der Waals surface area contributed by atoms with Crippen LogP contribution in [0.3, 0.4) is 0 Å². The Bertz CT molecular complexity index is 1220. The zero-order chi connectivity index (χ0) is 21.3. The first kappa shape index (κ1) is 20.4. The summed E-state index contributed by atoms with van der Waals surface area (Å²) >= 11 is 1.56. The van der Waals surface area contributed by atoms with E-state index in [0.717, 1.165) is 21.0 Å². The van der Waals surface area contributed by atoms with Gasteiger partial charge in [-0.1, -0.05) is 63.2 Å². The Balaban J connectivity index is 1.52. The Labute approximate surface area is 180 Å². The zero-order valence-corrected chi connectivity index (χ0v) is 18.6. The zero-order valence-electron chi connectivity index (χ0n) is 17.8. The molecule has 0 aliphatic carbocycles. The Morgan fingerprint density at radius 3 is 2.40 bits per heavy atom. The topological polar surface area (TPSA) is 44.1 Å². The number of thiophene rings is 1. The highest BCUT2D eigenvalue weighted by Crippen LogP contribution is 2.31. The molecule has 0 bridgehead atoms. The molecule has 154 valence electrons. The van der Waals surface area contributed by atoms with Crippen molar-refractivity contribution in [1.82, 2.24) is 9.55 Å². The molecule has 0 aliphatic heterocycles. The van der Waals surface area contributed by atoms with Gasteiger partial charge >= 0.3 is 0 Å². The standard InChI is InChI=1S/C25H26N2O2S/c1-17-26-23-21(16-22(30-23)18-8-6-5-7-9-18)24(28)27(17)14-15-29-20-12-10-19(11-13-20)25(2,3)4/h5-13,16H,14-15H2,1-4H3. The molecule has 30 heavy (non-hydrogen) atoms. The predicted molar refractivity (Wildman–Crippen MR) is 125 cm³/mol. The van der Waals surface area contributed by atoms with E-state index in [1.165, 1.54) is 5.56 Å². The van der Waals surface area contributed by atoms with E-state index in [2.05, 4.69) is 50.0 Å². The van der Waals surface area contributed by atoms with Crippen molar-refractivity contribution in [3.05, 3.63) is 82.4 Å². The van der Waals surface area contributed by atoms with E-state index in [9.17, 15) is 4.79 Å². The van der Waals surface area contributed by atoms with Crippen LogP contribution in [-0.2, 0) is 12.0 Å². The van der Waals surface area contributed by atoms with E-state index in [1.807, 2.05) is 43.3 Å². The summed E-state index contributed by atoms with van der Waals surface area (Å²) in [6.45, 7) is 9.32. The fourth-order valence-corrected chi connectivity index (χ4v) is 4.50. The van der Waals surface area contributed by atoms with Crippen molar-refractivity contribution in [2.45, 2.75) is 39.7 Å². The number of rotatable bonds is 5. The molecule has 2 aromatic heterocycles. The maximum absolute atomic E-state index is 13.1. The lowest BCUT2D eigenvalue weighted by molar-refractivity contribution is 0.294. The van der Waals surface area contributed by atoms with E-state index < -0.39 is 0 Å². The maximum atomic E-state index is 13.1. The summed E-state index contributed by atoms with van der Waals surface area (Å²) in [6, 6.07) is 20.2. The third kappa shape index (κ3) is 4.17. The van der Waals surface area contributed by atoms with E-state index in [1.54, 1.807) is 15.9 Å². The smallest absolute Gasteiger partial charge is 0.262 e. The Morgan fingerprint density at radius 1 is 1.03 bits per heavy atom. The molecule has 0 N–H and O–H groups in total. The molecule has 4 nitrogen and oxygen atoms in total. The molecule has 0 radical (unpaired) electrons. The highest BCUT2D eigenvalue weighted by molar-refractivity contribution is 7.21. The summed E-state index contributed by atoms with van der Waals surface area (Å²) in [5.41, 5.74) is 2.47. The molecule has 0 unspecified atom stereocenters. The molecule has 5 heteroatoms. The number of benzene rings is 2. The van der Waals surface area contributed by atoms with Crippen LogP contribution in [0.4, 0.5) is 0 Å². The van der Waals surface area contributed by atoms with Gasteiger partial charge in [-0.3, -0.25) is 9.36 Å². The molecule has 0 amide bonds. The molecule has 0 spiro atoms. The molecule has 0 atom stereocenters.